The van der Waals surface area contributed by atoms with Crippen LogP contribution in [0.2, 0.25) is 0 Å². The number of fused-ring (bicyclic) bond motifs is 1. The first kappa shape index (κ1) is 17.9. The lowest BCUT2D eigenvalue weighted by Crippen LogP contribution is -2.43. The smallest absolute Gasteiger partial charge is 0.279 e. The minimum absolute atomic E-state index is 0.142. The highest BCUT2D eigenvalue weighted by Crippen LogP contribution is 2.32. The average molecular weight is 374 g/mol. The van der Waals surface area contributed by atoms with E-state index in [2.05, 4.69) is 36.1 Å². The summed E-state index contributed by atoms with van der Waals surface area (Å²) in [4.78, 5) is 14.5. The van der Waals surface area contributed by atoms with Crippen molar-refractivity contribution >= 4 is 40.3 Å². The molecule has 1 aromatic heterocycles. The first-order valence-electron chi connectivity index (χ1n) is 8.49. The van der Waals surface area contributed by atoms with E-state index in [-0.39, 0.29) is 5.91 Å². The molecule has 1 aliphatic rings. The van der Waals surface area contributed by atoms with E-state index in [9.17, 15) is 4.79 Å². The number of carbonyl (C=O) groups excluding carboxylic acids is 1. The Kier molecular flexibility index (Phi) is 5.39. The molecular formula is C19H23N3OS2. The molecule has 132 valence electrons. The van der Waals surface area contributed by atoms with E-state index < -0.39 is 0 Å². The molecule has 1 atom stereocenters. The normalized spacial score (nSPS) is 16.0. The van der Waals surface area contributed by atoms with Gasteiger partial charge in [-0.25, -0.2) is 0 Å². The fourth-order valence-corrected chi connectivity index (χ4v) is 4.30. The first-order chi connectivity index (χ1) is 11.9. The lowest BCUT2D eigenvalue weighted by atomic mass is 9.90. The second-order valence-corrected chi connectivity index (χ2v) is 8.23. The first-order valence-corrected chi connectivity index (χ1v) is 9.71. The van der Waals surface area contributed by atoms with Crippen LogP contribution in [0.1, 0.15) is 44.6 Å². The highest BCUT2D eigenvalue weighted by molar-refractivity contribution is 7.80. The molecule has 1 amide bonds. The second kappa shape index (κ2) is 7.54. The number of anilines is 1. The number of benzene rings is 1. The van der Waals surface area contributed by atoms with E-state index in [1.807, 2.05) is 25.1 Å². The van der Waals surface area contributed by atoms with Crippen LogP contribution in [0.5, 0.6) is 0 Å². The molecule has 0 saturated heterocycles. The van der Waals surface area contributed by atoms with E-state index in [0.29, 0.717) is 11.0 Å². The molecule has 0 radical (unpaired) electrons. The number of thiocarbonyl (C=S) groups is 1. The van der Waals surface area contributed by atoms with Crippen LogP contribution in [0, 0.1) is 19.8 Å². The molecule has 0 aliphatic heterocycles. The van der Waals surface area contributed by atoms with E-state index in [0.717, 1.165) is 29.0 Å². The largest absolute Gasteiger partial charge is 0.331 e. The van der Waals surface area contributed by atoms with Crippen LogP contribution < -0.4 is 16.2 Å². The Bertz CT molecular complexity index is 813. The van der Waals surface area contributed by atoms with Gasteiger partial charge in [0.25, 0.3) is 5.91 Å². The minimum Gasteiger partial charge on any atom is -0.331 e. The predicted octanol–water partition coefficient (Wildman–Crippen LogP) is 4.12. The topological polar surface area (TPSA) is 53.2 Å². The SMILES string of the molecule is Cc1cccc(NC(=S)NNC(=O)c2cc3c(s2)CC[C@H](C)C3)c1C. The van der Waals surface area contributed by atoms with Gasteiger partial charge in [-0.15, -0.1) is 11.3 Å². The van der Waals surface area contributed by atoms with Gasteiger partial charge >= 0.3 is 0 Å². The van der Waals surface area contributed by atoms with E-state index in [1.54, 1.807) is 11.3 Å². The summed E-state index contributed by atoms with van der Waals surface area (Å²) in [5, 5.41) is 3.49. The van der Waals surface area contributed by atoms with Crippen LogP contribution in [0.25, 0.3) is 0 Å². The Balaban J connectivity index is 1.57. The van der Waals surface area contributed by atoms with Gasteiger partial charge in [-0.1, -0.05) is 19.1 Å². The molecule has 0 spiro atoms. The summed E-state index contributed by atoms with van der Waals surface area (Å²) >= 11 is 6.87. The number of hydrogen-bond donors (Lipinski definition) is 3. The zero-order valence-corrected chi connectivity index (χ0v) is 16.4. The molecule has 1 aromatic carbocycles. The molecule has 1 heterocycles. The maximum Gasteiger partial charge on any atom is 0.279 e. The summed E-state index contributed by atoms with van der Waals surface area (Å²) < 4.78 is 0. The fraction of sp³-hybridized carbons (Fsp3) is 0.368. The Morgan fingerprint density at radius 2 is 2.08 bits per heavy atom. The van der Waals surface area contributed by atoms with Gasteiger partial charge in [0.05, 0.1) is 4.88 Å². The van der Waals surface area contributed by atoms with Gasteiger partial charge in [-0.2, -0.15) is 0 Å². The molecule has 0 unspecified atom stereocenters. The summed E-state index contributed by atoms with van der Waals surface area (Å²) in [7, 11) is 0. The van der Waals surface area contributed by atoms with Gasteiger partial charge in [-0.05, 0) is 80.1 Å². The van der Waals surface area contributed by atoms with Crippen LogP contribution in [0.3, 0.4) is 0 Å². The quantitative estimate of drug-likeness (QED) is 0.547. The van der Waals surface area contributed by atoms with Crippen LogP contribution in [-0.4, -0.2) is 11.0 Å². The standard InChI is InChI=1S/C19H23N3OS2/c1-11-7-8-16-14(9-11)10-17(25-16)18(23)21-22-19(24)20-15-6-4-5-12(2)13(15)3/h4-6,10-11H,7-9H2,1-3H3,(H,21,23)(H2,20,22,24)/t11-/m0/s1. The number of nitrogens with one attached hydrogen (secondary N) is 3. The summed E-state index contributed by atoms with van der Waals surface area (Å²) in [6.45, 7) is 6.35. The van der Waals surface area contributed by atoms with E-state index in [4.69, 9.17) is 12.2 Å². The number of carbonyl (C=O) groups is 1. The Morgan fingerprint density at radius 3 is 2.88 bits per heavy atom. The predicted molar refractivity (Wildman–Crippen MR) is 108 cm³/mol. The molecule has 3 N–H and O–H groups in total. The van der Waals surface area contributed by atoms with Gasteiger partial charge in [0.1, 0.15) is 0 Å². The molecule has 4 nitrogen and oxygen atoms in total. The highest BCUT2D eigenvalue weighted by Gasteiger charge is 2.20. The van der Waals surface area contributed by atoms with Crippen molar-refractivity contribution in [1.82, 2.24) is 10.9 Å². The summed E-state index contributed by atoms with van der Waals surface area (Å²) in [5.41, 5.74) is 10.1. The molecule has 6 heteroatoms. The number of hydrogen-bond acceptors (Lipinski definition) is 3. The number of aryl methyl sites for hydroxylation is 2. The molecule has 25 heavy (non-hydrogen) atoms. The number of rotatable bonds is 2. The van der Waals surface area contributed by atoms with E-state index >= 15 is 0 Å². The van der Waals surface area contributed by atoms with Gasteiger partial charge in [0.15, 0.2) is 5.11 Å². The van der Waals surface area contributed by atoms with Crippen molar-refractivity contribution < 1.29 is 4.79 Å². The fourth-order valence-electron chi connectivity index (χ4n) is 3.03. The Hall–Kier alpha value is -1.92. The van der Waals surface area contributed by atoms with Gasteiger partial charge in [-0.3, -0.25) is 15.6 Å². The number of thiophene rings is 1. The molecule has 0 saturated carbocycles. The van der Waals surface area contributed by atoms with Crippen LogP contribution in [0.15, 0.2) is 24.3 Å². The lowest BCUT2D eigenvalue weighted by molar-refractivity contribution is 0.0948. The molecule has 1 aliphatic carbocycles. The van der Waals surface area contributed by atoms with Crippen molar-refractivity contribution in [3.05, 3.63) is 50.7 Å². The maximum atomic E-state index is 12.4. The zero-order valence-electron chi connectivity index (χ0n) is 14.7. The van der Waals surface area contributed by atoms with Crippen molar-refractivity contribution in [3.63, 3.8) is 0 Å². The third-order valence-corrected chi connectivity index (χ3v) is 6.14. The van der Waals surface area contributed by atoms with Crippen LogP contribution in [-0.2, 0) is 12.8 Å². The Labute approximate surface area is 158 Å². The number of amides is 1. The molecule has 2 aromatic rings. The summed E-state index contributed by atoms with van der Waals surface area (Å²) in [5.74, 6) is 0.558. The van der Waals surface area contributed by atoms with Crippen LogP contribution >= 0.6 is 23.6 Å². The zero-order chi connectivity index (χ0) is 18.0. The van der Waals surface area contributed by atoms with E-state index in [1.165, 1.54) is 22.4 Å². The highest BCUT2D eigenvalue weighted by atomic mass is 32.1. The monoisotopic (exact) mass is 373 g/mol. The minimum atomic E-state index is -0.142. The molecular weight excluding hydrogens is 350 g/mol. The molecule has 3 rings (SSSR count). The van der Waals surface area contributed by atoms with Gasteiger partial charge in [0, 0.05) is 10.6 Å². The maximum absolute atomic E-state index is 12.4. The van der Waals surface area contributed by atoms with Crippen molar-refractivity contribution in [2.75, 3.05) is 5.32 Å². The van der Waals surface area contributed by atoms with Gasteiger partial charge in [0.2, 0.25) is 0 Å². The Morgan fingerprint density at radius 1 is 1.28 bits per heavy atom. The van der Waals surface area contributed by atoms with Crippen molar-refractivity contribution in [1.29, 1.82) is 0 Å². The average Bonchev–Trinajstić information content (AvgIpc) is 3.00. The third-order valence-electron chi connectivity index (χ3n) is 4.70. The third kappa shape index (κ3) is 4.19. The van der Waals surface area contributed by atoms with Crippen molar-refractivity contribution in [2.24, 2.45) is 5.92 Å². The van der Waals surface area contributed by atoms with Gasteiger partial charge < -0.3 is 5.32 Å². The molecule has 0 fully saturated rings. The summed E-state index contributed by atoms with van der Waals surface area (Å²) in [6.07, 6.45) is 3.35. The van der Waals surface area contributed by atoms with Crippen molar-refractivity contribution in [3.8, 4) is 0 Å². The van der Waals surface area contributed by atoms with Crippen molar-refractivity contribution in [2.45, 2.75) is 40.0 Å². The molecule has 0 bridgehead atoms. The number of hydrazine groups is 1. The second-order valence-electron chi connectivity index (χ2n) is 6.69. The summed E-state index contributed by atoms with van der Waals surface area (Å²) in [6, 6.07) is 8.02. The van der Waals surface area contributed by atoms with Crippen LogP contribution in [0.4, 0.5) is 5.69 Å². The lowest BCUT2D eigenvalue weighted by Gasteiger charge is -2.16.